The summed E-state index contributed by atoms with van der Waals surface area (Å²) < 4.78 is 13.6. The van der Waals surface area contributed by atoms with Gasteiger partial charge in [-0.1, -0.05) is 24.3 Å². The zero-order valence-corrected chi connectivity index (χ0v) is 14.4. The number of carbonyl (C=O) groups is 2. The van der Waals surface area contributed by atoms with E-state index in [9.17, 15) is 14.0 Å². The molecule has 0 spiro atoms. The maximum absolute atomic E-state index is 13.6. The molecule has 1 fully saturated rings. The standard InChI is InChI=1S/C20H21FN2O2/c1-13-9-14(2)11-16(10-13)23-19(25)20(7-8-20)18(24)22-12-15-5-3-4-6-17(15)21/h3-6,9-11H,7-8,12H2,1-2H3,(H,22,24)(H,23,25). The lowest BCUT2D eigenvalue weighted by Crippen LogP contribution is -2.39. The first kappa shape index (κ1) is 17.1. The van der Waals surface area contributed by atoms with E-state index in [1.807, 2.05) is 32.0 Å². The summed E-state index contributed by atoms with van der Waals surface area (Å²) in [5, 5.41) is 5.54. The van der Waals surface area contributed by atoms with Gasteiger partial charge in [-0.3, -0.25) is 9.59 Å². The van der Waals surface area contributed by atoms with Crippen molar-refractivity contribution in [1.82, 2.24) is 5.32 Å². The molecule has 1 aliphatic carbocycles. The second kappa shape index (κ2) is 6.67. The van der Waals surface area contributed by atoms with Gasteiger partial charge >= 0.3 is 0 Å². The minimum atomic E-state index is -1.04. The van der Waals surface area contributed by atoms with Crippen molar-refractivity contribution in [1.29, 1.82) is 0 Å². The van der Waals surface area contributed by atoms with Crippen LogP contribution in [0.5, 0.6) is 0 Å². The molecule has 5 heteroatoms. The lowest BCUT2D eigenvalue weighted by molar-refractivity contribution is -0.134. The van der Waals surface area contributed by atoms with Crippen LogP contribution >= 0.6 is 0 Å². The Morgan fingerprint density at radius 2 is 1.68 bits per heavy atom. The zero-order chi connectivity index (χ0) is 18.0. The summed E-state index contributed by atoms with van der Waals surface area (Å²) in [6.07, 6.45) is 1.01. The number of hydrogen-bond donors (Lipinski definition) is 2. The van der Waals surface area contributed by atoms with Crippen LogP contribution in [0.3, 0.4) is 0 Å². The van der Waals surface area contributed by atoms with Gasteiger partial charge in [0, 0.05) is 17.8 Å². The lowest BCUT2D eigenvalue weighted by atomic mass is 10.0. The molecule has 2 aromatic rings. The van der Waals surface area contributed by atoms with Crippen LogP contribution < -0.4 is 10.6 Å². The van der Waals surface area contributed by atoms with E-state index in [0.29, 0.717) is 24.1 Å². The smallest absolute Gasteiger partial charge is 0.240 e. The van der Waals surface area contributed by atoms with E-state index in [1.54, 1.807) is 18.2 Å². The molecule has 0 bridgehead atoms. The Morgan fingerprint density at radius 3 is 2.28 bits per heavy atom. The highest BCUT2D eigenvalue weighted by Gasteiger charge is 2.56. The summed E-state index contributed by atoms with van der Waals surface area (Å²) >= 11 is 0. The number of rotatable bonds is 5. The molecule has 0 unspecified atom stereocenters. The fourth-order valence-corrected chi connectivity index (χ4v) is 2.97. The molecule has 0 heterocycles. The molecule has 2 N–H and O–H groups in total. The van der Waals surface area contributed by atoms with E-state index < -0.39 is 5.41 Å². The third-order valence-corrected chi connectivity index (χ3v) is 4.50. The van der Waals surface area contributed by atoms with Crippen molar-refractivity contribution >= 4 is 17.5 Å². The average molecular weight is 340 g/mol. The number of amides is 2. The van der Waals surface area contributed by atoms with Crippen molar-refractivity contribution in [2.75, 3.05) is 5.32 Å². The van der Waals surface area contributed by atoms with Crippen LogP contribution in [0.15, 0.2) is 42.5 Å². The van der Waals surface area contributed by atoms with E-state index in [1.165, 1.54) is 6.07 Å². The van der Waals surface area contributed by atoms with Gasteiger partial charge in [0.2, 0.25) is 11.8 Å². The third kappa shape index (κ3) is 3.71. The van der Waals surface area contributed by atoms with Crippen molar-refractivity contribution in [3.63, 3.8) is 0 Å². The predicted octanol–water partition coefficient (Wildman–Crippen LogP) is 3.48. The molecule has 0 atom stereocenters. The second-order valence-corrected chi connectivity index (χ2v) is 6.69. The van der Waals surface area contributed by atoms with Crippen molar-refractivity contribution in [3.8, 4) is 0 Å². The number of aryl methyl sites for hydroxylation is 2. The molecule has 3 rings (SSSR count). The fourth-order valence-electron chi connectivity index (χ4n) is 2.97. The fraction of sp³-hybridized carbons (Fsp3) is 0.300. The predicted molar refractivity (Wildman–Crippen MR) is 94.5 cm³/mol. The molecular weight excluding hydrogens is 319 g/mol. The number of benzene rings is 2. The molecule has 25 heavy (non-hydrogen) atoms. The minimum absolute atomic E-state index is 0.0735. The van der Waals surface area contributed by atoms with Crippen molar-refractivity contribution < 1.29 is 14.0 Å². The van der Waals surface area contributed by atoms with E-state index >= 15 is 0 Å². The first-order valence-electron chi connectivity index (χ1n) is 8.32. The van der Waals surface area contributed by atoms with E-state index in [2.05, 4.69) is 10.6 Å². The van der Waals surface area contributed by atoms with Gasteiger partial charge in [-0.25, -0.2) is 4.39 Å². The minimum Gasteiger partial charge on any atom is -0.351 e. The molecular formula is C20H21FN2O2. The zero-order valence-electron chi connectivity index (χ0n) is 14.4. The van der Waals surface area contributed by atoms with Gasteiger partial charge in [-0.05, 0) is 56.0 Å². The number of hydrogen-bond acceptors (Lipinski definition) is 2. The summed E-state index contributed by atoms with van der Waals surface area (Å²) in [6, 6.07) is 12.0. The van der Waals surface area contributed by atoms with Crippen LogP contribution in [0.25, 0.3) is 0 Å². The molecule has 1 saturated carbocycles. The maximum Gasteiger partial charge on any atom is 0.240 e. The van der Waals surface area contributed by atoms with E-state index in [4.69, 9.17) is 0 Å². The largest absolute Gasteiger partial charge is 0.351 e. The Kier molecular flexibility index (Phi) is 4.57. The van der Waals surface area contributed by atoms with Crippen molar-refractivity contribution in [2.24, 2.45) is 5.41 Å². The topological polar surface area (TPSA) is 58.2 Å². The first-order valence-corrected chi connectivity index (χ1v) is 8.32. The van der Waals surface area contributed by atoms with Crippen LogP contribution in [0, 0.1) is 25.1 Å². The molecule has 0 radical (unpaired) electrons. The lowest BCUT2D eigenvalue weighted by Gasteiger charge is -2.16. The van der Waals surface area contributed by atoms with Crippen molar-refractivity contribution in [2.45, 2.75) is 33.2 Å². The third-order valence-electron chi connectivity index (χ3n) is 4.50. The van der Waals surface area contributed by atoms with Gasteiger partial charge < -0.3 is 10.6 Å². The molecule has 0 saturated heterocycles. The Bertz CT molecular complexity index is 808. The van der Waals surface area contributed by atoms with Gasteiger partial charge in [-0.15, -0.1) is 0 Å². The molecule has 130 valence electrons. The molecule has 2 amide bonds. The number of carbonyl (C=O) groups excluding carboxylic acids is 2. The number of nitrogens with one attached hydrogen (secondary N) is 2. The normalized spacial score (nSPS) is 14.7. The molecule has 1 aliphatic rings. The van der Waals surface area contributed by atoms with Crippen LogP contribution in [0.4, 0.5) is 10.1 Å². The molecule has 4 nitrogen and oxygen atoms in total. The number of anilines is 1. The number of halogens is 1. The summed E-state index contributed by atoms with van der Waals surface area (Å²) in [7, 11) is 0. The molecule has 0 aliphatic heterocycles. The van der Waals surface area contributed by atoms with Crippen LogP contribution in [0.2, 0.25) is 0 Å². The van der Waals surface area contributed by atoms with Gasteiger partial charge in [0.1, 0.15) is 11.2 Å². The van der Waals surface area contributed by atoms with Crippen LogP contribution in [0.1, 0.15) is 29.5 Å². The molecule has 2 aromatic carbocycles. The monoisotopic (exact) mass is 340 g/mol. The van der Waals surface area contributed by atoms with Gasteiger partial charge in [0.05, 0.1) is 0 Å². The van der Waals surface area contributed by atoms with E-state index in [0.717, 1.165) is 11.1 Å². The Balaban J connectivity index is 1.65. The Labute approximate surface area is 146 Å². The second-order valence-electron chi connectivity index (χ2n) is 6.69. The average Bonchev–Trinajstić information content (AvgIpc) is 3.34. The quantitative estimate of drug-likeness (QED) is 0.819. The van der Waals surface area contributed by atoms with Gasteiger partial charge in [-0.2, -0.15) is 0 Å². The van der Waals surface area contributed by atoms with E-state index in [-0.39, 0.29) is 24.2 Å². The highest BCUT2D eigenvalue weighted by Crippen LogP contribution is 2.47. The van der Waals surface area contributed by atoms with Gasteiger partial charge in [0.15, 0.2) is 0 Å². The molecule has 0 aromatic heterocycles. The highest BCUT2D eigenvalue weighted by molar-refractivity contribution is 6.13. The maximum atomic E-state index is 13.6. The van der Waals surface area contributed by atoms with Crippen molar-refractivity contribution in [3.05, 3.63) is 65.0 Å². The summed E-state index contributed by atoms with van der Waals surface area (Å²) in [6.45, 7) is 3.98. The Hall–Kier alpha value is -2.69. The highest BCUT2D eigenvalue weighted by atomic mass is 19.1. The summed E-state index contributed by atoms with van der Waals surface area (Å²) in [5.74, 6) is -1.02. The van der Waals surface area contributed by atoms with Crippen LogP contribution in [-0.4, -0.2) is 11.8 Å². The summed E-state index contributed by atoms with van der Waals surface area (Å²) in [4.78, 5) is 25.1. The Morgan fingerprint density at radius 1 is 1.04 bits per heavy atom. The van der Waals surface area contributed by atoms with Gasteiger partial charge in [0.25, 0.3) is 0 Å². The van der Waals surface area contributed by atoms with Crippen LogP contribution in [-0.2, 0) is 16.1 Å². The summed E-state index contributed by atoms with van der Waals surface area (Å²) in [5.41, 5.74) is 2.15. The first-order chi connectivity index (χ1) is 11.9. The SMILES string of the molecule is Cc1cc(C)cc(NC(=O)C2(C(=O)NCc3ccccc3F)CC2)c1.